The molecule has 0 aliphatic heterocycles. The zero-order chi connectivity index (χ0) is 15.4. The van der Waals surface area contributed by atoms with Gasteiger partial charge < -0.3 is 0 Å². The summed E-state index contributed by atoms with van der Waals surface area (Å²) in [6.07, 6.45) is 1.10. The highest BCUT2D eigenvalue weighted by Gasteiger charge is 2.18. The highest BCUT2D eigenvalue weighted by atomic mass is 79.9. The van der Waals surface area contributed by atoms with Gasteiger partial charge in [-0.3, -0.25) is 0 Å². The largest absolute Gasteiger partial charge is 0.207 e. The second-order valence-corrected chi connectivity index (χ2v) is 7.20. The summed E-state index contributed by atoms with van der Waals surface area (Å²) in [5.41, 5.74) is 1.28. The van der Waals surface area contributed by atoms with Crippen molar-refractivity contribution < 1.29 is 8.78 Å². The fraction of sp³-hybridized carbons (Fsp3) is 0.250. The number of hydrogen-bond donors (Lipinski definition) is 0. The average Bonchev–Trinajstić information content (AvgIpc) is 2.48. The van der Waals surface area contributed by atoms with Gasteiger partial charge in [0.2, 0.25) is 0 Å². The lowest BCUT2D eigenvalue weighted by Gasteiger charge is -2.16. The van der Waals surface area contributed by atoms with Gasteiger partial charge >= 0.3 is 0 Å². The normalized spacial score (nSPS) is 12.4. The number of rotatable bonds is 5. The summed E-state index contributed by atoms with van der Waals surface area (Å²) in [4.78, 5) is 0. The molecule has 0 nitrogen and oxygen atoms in total. The topological polar surface area (TPSA) is 0 Å². The summed E-state index contributed by atoms with van der Waals surface area (Å²) < 4.78 is 29.2. The smallest absolute Gasteiger partial charge is 0.143 e. The molecule has 0 fully saturated rings. The van der Waals surface area contributed by atoms with Crippen molar-refractivity contribution in [2.24, 2.45) is 5.92 Å². The van der Waals surface area contributed by atoms with E-state index in [1.165, 1.54) is 12.1 Å². The molecule has 0 saturated carbocycles. The van der Waals surface area contributed by atoms with Crippen LogP contribution in [0.3, 0.4) is 0 Å². The van der Waals surface area contributed by atoms with E-state index in [2.05, 4.69) is 47.8 Å². The number of benzene rings is 2. The van der Waals surface area contributed by atoms with Crippen molar-refractivity contribution in [2.45, 2.75) is 12.8 Å². The molecular weight excluding hydrogens is 470 g/mol. The van der Waals surface area contributed by atoms with E-state index in [0.717, 1.165) is 16.5 Å². The minimum Gasteiger partial charge on any atom is -0.207 e. The molecule has 0 radical (unpaired) electrons. The Morgan fingerprint density at radius 1 is 0.905 bits per heavy atom. The lowest BCUT2D eigenvalue weighted by Crippen LogP contribution is -2.13. The molecule has 0 N–H and O–H groups in total. The Hall–Kier alpha value is -0.260. The predicted octanol–water partition coefficient (Wildman–Crippen LogP) is 6.29. The van der Waals surface area contributed by atoms with Crippen LogP contribution in [0.1, 0.15) is 11.1 Å². The van der Waals surface area contributed by atoms with Gasteiger partial charge in [-0.15, -0.1) is 0 Å². The van der Waals surface area contributed by atoms with Gasteiger partial charge in [0.15, 0.2) is 0 Å². The Bertz CT molecular complexity index is 629. The van der Waals surface area contributed by atoms with Gasteiger partial charge in [-0.1, -0.05) is 50.1 Å². The lowest BCUT2D eigenvalue weighted by molar-refractivity contribution is 0.507. The number of alkyl halides is 1. The SMILES string of the molecule is Fc1ccc(Br)c(F)c1CC(CBr)Cc1ccccc1Br. The van der Waals surface area contributed by atoms with Gasteiger partial charge in [-0.25, -0.2) is 8.78 Å². The van der Waals surface area contributed by atoms with Gasteiger partial charge in [0, 0.05) is 15.4 Å². The quantitative estimate of drug-likeness (QED) is 0.347. The molecule has 0 aliphatic carbocycles. The molecular formula is C16H13Br3F2. The third-order valence-electron chi connectivity index (χ3n) is 3.32. The van der Waals surface area contributed by atoms with Crippen LogP contribution < -0.4 is 0 Å². The zero-order valence-corrected chi connectivity index (χ0v) is 15.8. The Balaban J connectivity index is 2.21. The van der Waals surface area contributed by atoms with Crippen LogP contribution in [0.2, 0.25) is 0 Å². The van der Waals surface area contributed by atoms with E-state index in [0.29, 0.717) is 16.2 Å². The zero-order valence-electron chi connectivity index (χ0n) is 11.1. The van der Waals surface area contributed by atoms with Crippen LogP contribution in [0, 0.1) is 17.6 Å². The van der Waals surface area contributed by atoms with Crippen LogP contribution in [0.15, 0.2) is 45.3 Å². The summed E-state index contributed by atoms with van der Waals surface area (Å²) in [5, 5.41) is 0.680. The van der Waals surface area contributed by atoms with Crippen molar-refractivity contribution in [3.8, 4) is 0 Å². The first-order chi connectivity index (χ1) is 10.0. The highest BCUT2D eigenvalue weighted by Crippen LogP contribution is 2.27. The van der Waals surface area contributed by atoms with Crippen LogP contribution in [0.4, 0.5) is 8.78 Å². The number of hydrogen-bond acceptors (Lipinski definition) is 0. The van der Waals surface area contributed by atoms with Crippen molar-refractivity contribution in [3.63, 3.8) is 0 Å². The Morgan fingerprint density at radius 2 is 1.62 bits per heavy atom. The van der Waals surface area contributed by atoms with E-state index < -0.39 is 11.6 Å². The maximum absolute atomic E-state index is 14.1. The fourth-order valence-electron chi connectivity index (χ4n) is 2.20. The van der Waals surface area contributed by atoms with Gasteiger partial charge in [0.1, 0.15) is 11.6 Å². The second kappa shape index (κ2) is 7.84. The summed E-state index contributed by atoms with van der Waals surface area (Å²) in [7, 11) is 0. The van der Waals surface area contributed by atoms with E-state index in [1.807, 2.05) is 24.3 Å². The molecule has 2 aromatic carbocycles. The maximum atomic E-state index is 14.1. The van der Waals surface area contributed by atoms with Crippen molar-refractivity contribution in [1.82, 2.24) is 0 Å². The average molecular weight is 483 g/mol. The summed E-state index contributed by atoms with van der Waals surface area (Å²) in [6, 6.07) is 10.6. The van der Waals surface area contributed by atoms with Gasteiger partial charge in [0.25, 0.3) is 0 Å². The summed E-state index contributed by atoms with van der Waals surface area (Å²) in [5.74, 6) is -0.885. The fourth-order valence-corrected chi connectivity index (χ4v) is 3.48. The van der Waals surface area contributed by atoms with Crippen LogP contribution in [-0.2, 0) is 12.8 Å². The first kappa shape index (κ1) is 17.1. The third kappa shape index (κ3) is 4.36. The molecule has 2 aromatic rings. The monoisotopic (exact) mass is 480 g/mol. The van der Waals surface area contributed by atoms with Gasteiger partial charge in [-0.05, 0) is 58.5 Å². The molecule has 0 aromatic heterocycles. The molecule has 0 heterocycles. The summed E-state index contributed by atoms with van der Waals surface area (Å²) >= 11 is 10.1. The predicted molar refractivity (Wildman–Crippen MR) is 92.9 cm³/mol. The first-order valence-corrected chi connectivity index (χ1v) is 9.15. The molecule has 5 heteroatoms. The van der Waals surface area contributed by atoms with Crippen molar-refractivity contribution in [3.05, 3.63) is 68.1 Å². The van der Waals surface area contributed by atoms with Crippen molar-refractivity contribution in [1.29, 1.82) is 0 Å². The van der Waals surface area contributed by atoms with E-state index in [-0.39, 0.29) is 11.5 Å². The standard InChI is InChI=1S/C16H13Br3F2/c17-9-10(7-11-3-1-2-4-13(11)18)8-12-15(20)6-5-14(19)16(12)21/h1-6,10H,7-9H2. The van der Waals surface area contributed by atoms with Crippen LogP contribution in [-0.4, -0.2) is 5.33 Å². The third-order valence-corrected chi connectivity index (χ3v) is 5.62. The van der Waals surface area contributed by atoms with E-state index in [9.17, 15) is 8.78 Å². The van der Waals surface area contributed by atoms with Crippen molar-refractivity contribution >= 4 is 47.8 Å². The summed E-state index contributed by atoms with van der Waals surface area (Å²) in [6.45, 7) is 0. The first-order valence-electron chi connectivity index (χ1n) is 6.44. The Labute approximate surface area is 148 Å². The molecule has 112 valence electrons. The molecule has 0 aliphatic rings. The minimum atomic E-state index is -0.506. The highest BCUT2D eigenvalue weighted by molar-refractivity contribution is 9.10. The second-order valence-electron chi connectivity index (χ2n) is 4.84. The molecule has 0 bridgehead atoms. The van der Waals surface area contributed by atoms with Crippen molar-refractivity contribution in [2.75, 3.05) is 5.33 Å². The van der Waals surface area contributed by atoms with E-state index in [4.69, 9.17) is 0 Å². The molecule has 2 rings (SSSR count). The van der Waals surface area contributed by atoms with Crippen LogP contribution >= 0.6 is 47.8 Å². The minimum absolute atomic E-state index is 0.113. The van der Waals surface area contributed by atoms with Gasteiger partial charge in [-0.2, -0.15) is 0 Å². The van der Waals surface area contributed by atoms with Crippen LogP contribution in [0.5, 0.6) is 0 Å². The Kier molecular flexibility index (Phi) is 6.38. The lowest BCUT2D eigenvalue weighted by atomic mass is 9.93. The van der Waals surface area contributed by atoms with E-state index >= 15 is 0 Å². The molecule has 0 saturated heterocycles. The van der Waals surface area contributed by atoms with Crippen LogP contribution in [0.25, 0.3) is 0 Å². The molecule has 1 atom stereocenters. The molecule has 0 amide bonds. The number of halogens is 5. The van der Waals surface area contributed by atoms with E-state index in [1.54, 1.807) is 0 Å². The maximum Gasteiger partial charge on any atom is 0.143 e. The van der Waals surface area contributed by atoms with Gasteiger partial charge in [0.05, 0.1) is 4.47 Å². The molecule has 1 unspecified atom stereocenters. The molecule has 0 spiro atoms. The Morgan fingerprint density at radius 3 is 2.29 bits per heavy atom. The molecule has 21 heavy (non-hydrogen) atoms.